The number of nitrogens with one attached hydrogen (secondary N) is 1. The third-order valence-corrected chi connectivity index (χ3v) is 4.09. The Hall–Kier alpha value is -1.17. The Balaban J connectivity index is 2.23. The first-order valence-corrected chi connectivity index (χ1v) is 7.43. The molecule has 0 aromatic heterocycles. The Morgan fingerprint density at radius 3 is 2.81 bits per heavy atom. The summed E-state index contributed by atoms with van der Waals surface area (Å²) in [5.41, 5.74) is 0.590. The van der Waals surface area contributed by atoms with Gasteiger partial charge >= 0.3 is 0 Å². The van der Waals surface area contributed by atoms with Gasteiger partial charge < -0.3 is 14.8 Å². The van der Waals surface area contributed by atoms with E-state index in [1.807, 2.05) is 13.1 Å². The van der Waals surface area contributed by atoms with Crippen molar-refractivity contribution in [2.45, 2.75) is 32.0 Å². The second-order valence-corrected chi connectivity index (χ2v) is 5.63. The third kappa shape index (κ3) is 3.54. The first-order chi connectivity index (χ1) is 10.1. The summed E-state index contributed by atoms with van der Waals surface area (Å²) in [6.07, 6.45) is -0.0762. The maximum absolute atomic E-state index is 14.5. The van der Waals surface area contributed by atoms with E-state index >= 15 is 0 Å². The van der Waals surface area contributed by atoms with Crippen LogP contribution in [-0.4, -0.2) is 50.9 Å². The minimum atomic E-state index is -0.315. The average Bonchev–Trinajstić information content (AvgIpc) is 2.50. The summed E-state index contributed by atoms with van der Waals surface area (Å²) >= 11 is 0. The summed E-state index contributed by atoms with van der Waals surface area (Å²) in [5.74, 6) is -0.0473. The van der Waals surface area contributed by atoms with E-state index in [1.165, 1.54) is 7.11 Å². The number of likely N-dealkylation sites (N-methyl/N-ethyl adjacent to an activating group) is 1. The van der Waals surface area contributed by atoms with Crippen LogP contribution in [0, 0.1) is 5.82 Å². The normalized spacial score (nSPS) is 21.5. The van der Waals surface area contributed by atoms with E-state index in [0.717, 1.165) is 13.1 Å². The van der Waals surface area contributed by atoms with Crippen LogP contribution in [0.4, 0.5) is 4.39 Å². The molecule has 1 heterocycles. The number of hydrogen-bond acceptors (Lipinski definition) is 4. The van der Waals surface area contributed by atoms with Gasteiger partial charge in [0, 0.05) is 24.7 Å². The molecule has 2 unspecified atom stereocenters. The summed E-state index contributed by atoms with van der Waals surface area (Å²) in [6, 6.07) is 5.50. The van der Waals surface area contributed by atoms with Crippen molar-refractivity contribution in [1.82, 2.24) is 10.2 Å². The fourth-order valence-corrected chi connectivity index (χ4v) is 2.83. The number of hydrogen-bond donors (Lipinski definition) is 1. The van der Waals surface area contributed by atoms with Gasteiger partial charge in [-0.25, -0.2) is 4.39 Å². The van der Waals surface area contributed by atoms with Gasteiger partial charge in [-0.05, 0) is 27.0 Å². The first kappa shape index (κ1) is 16.2. The van der Waals surface area contributed by atoms with Crippen LogP contribution in [-0.2, 0) is 4.74 Å². The zero-order chi connectivity index (χ0) is 15.4. The van der Waals surface area contributed by atoms with Gasteiger partial charge in [-0.1, -0.05) is 12.1 Å². The molecule has 2 atom stereocenters. The van der Waals surface area contributed by atoms with Crippen molar-refractivity contribution in [2.75, 3.05) is 33.9 Å². The molecule has 1 aromatic rings. The van der Waals surface area contributed by atoms with Crippen molar-refractivity contribution in [3.63, 3.8) is 0 Å². The van der Waals surface area contributed by atoms with Gasteiger partial charge in [-0.2, -0.15) is 0 Å². The van der Waals surface area contributed by atoms with Gasteiger partial charge in [0.2, 0.25) is 0 Å². The van der Waals surface area contributed by atoms with Crippen LogP contribution in [0.5, 0.6) is 5.75 Å². The average molecular weight is 296 g/mol. The van der Waals surface area contributed by atoms with Crippen LogP contribution >= 0.6 is 0 Å². The standard InChI is InChI=1S/C16H25FN2O2/c1-11(2)19-8-9-21-14(10-19)16(18-3)12-6-5-7-13(20-4)15(12)17/h5-7,11,14,16,18H,8-10H2,1-4H3. The molecule has 1 aromatic carbocycles. The van der Waals surface area contributed by atoms with Gasteiger partial charge in [0.1, 0.15) is 0 Å². The SMILES string of the molecule is CNC(c1cccc(OC)c1F)C1CN(C(C)C)CCO1. The number of ether oxygens (including phenoxy) is 2. The van der Waals surface area contributed by atoms with Gasteiger partial charge in [0.25, 0.3) is 0 Å². The zero-order valence-electron chi connectivity index (χ0n) is 13.2. The van der Waals surface area contributed by atoms with E-state index in [-0.39, 0.29) is 23.7 Å². The minimum Gasteiger partial charge on any atom is -0.494 e. The lowest BCUT2D eigenvalue weighted by Crippen LogP contribution is -2.50. The van der Waals surface area contributed by atoms with Crippen LogP contribution in [0.15, 0.2) is 18.2 Å². The highest BCUT2D eigenvalue weighted by Gasteiger charge is 2.31. The largest absolute Gasteiger partial charge is 0.494 e. The lowest BCUT2D eigenvalue weighted by Gasteiger charge is -2.39. The van der Waals surface area contributed by atoms with E-state index in [2.05, 4.69) is 24.1 Å². The summed E-state index contributed by atoms with van der Waals surface area (Å²) in [7, 11) is 3.31. The molecule has 0 radical (unpaired) electrons. The van der Waals surface area contributed by atoms with Crippen molar-refractivity contribution in [1.29, 1.82) is 0 Å². The quantitative estimate of drug-likeness (QED) is 0.903. The van der Waals surface area contributed by atoms with Crippen LogP contribution in [0.2, 0.25) is 0 Å². The molecule has 0 amide bonds. The predicted molar refractivity (Wildman–Crippen MR) is 81.2 cm³/mol. The zero-order valence-corrected chi connectivity index (χ0v) is 13.2. The number of morpholine rings is 1. The molecule has 21 heavy (non-hydrogen) atoms. The van der Waals surface area contributed by atoms with Crippen LogP contribution in [0.1, 0.15) is 25.5 Å². The Morgan fingerprint density at radius 2 is 2.19 bits per heavy atom. The van der Waals surface area contributed by atoms with Gasteiger partial charge in [-0.15, -0.1) is 0 Å². The molecule has 118 valence electrons. The number of rotatable bonds is 5. The first-order valence-electron chi connectivity index (χ1n) is 7.43. The molecule has 1 aliphatic rings. The Kier molecular flexibility index (Phi) is 5.56. The van der Waals surface area contributed by atoms with Gasteiger partial charge in [0.15, 0.2) is 11.6 Å². The monoisotopic (exact) mass is 296 g/mol. The Bertz CT molecular complexity index is 468. The molecule has 4 nitrogen and oxygen atoms in total. The number of nitrogens with zero attached hydrogens (tertiary/aromatic N) is 1. The highest BCUT2D eigenvalue weighted by Crippen LogP contribution is 2.29. The molecule has 2 rings (SSSR count). The number of halogens is 1. The molecular weight excluding hydrogens is 271 g/mol. The summed E-state index contributed by atoms with van der Waals surface area (Å²) in [5, 5.41) is 3.19. The lowest BCUT2D eigenvalue weighted by molar-refractivity contribution is -0.0555. The van der Waals surface area contributed by atoms with Gasteiger partial charge in [-0.3, -0.25) is 4.90 Å². The molecule has 0 aliphatic carbocycles. The topological polar surface area (TPSA) is 33.7 Å². The van der Waals surface area contributed by atoms with Crippen molar-refractivity contribution >= 4 is 0 Å². The van der Waals surface area contributed by atoms with Crippen molar-refractivity contribution in [3.8, 4) is 5.75 Å². The van der Waals surface area contributed by atoms with E-state index in [9.17, 15) is 4.39 Å². The van der Waals surface area contributed by atoms with E-state index < -0.39 is 0 Å². The molecule has 0 spiro atoms. The van der Waals surface area contributed by atoms with E-state index in [4.69, 9.17) is 9.47 Å². The second-order valence-electron chi connectivity index (χ2n) is 5.63. The van der Waals surface area contributed by atoms with E-state index in [0.29, 0.717) is 18.2 Å². The second kappa shape index (κ2) is 7.20. The van der Waals surface area contributed by atoms with Crippen LogP contribution < -0.4 is 10.1 Å². The van der Waals surface area contributed by atoms with Crippen molar-refractivity contribution in [3.05, 3.63) is 29.6 Å². The smallest absolute Gasteiger partial charge is 0.169 e. The molecule has 0 saturated carbocycles. The molecule has 1 N–H and O–H groups in total. The highest BCUT2D eigenvalue weighted by atomic mass is 19.1. The fraction of sp³-hybridized carbons (Fsp3) is 0.625. The molecule has 0 bridgehead atoms. The maximum atomic E-state index is 14.5. The molecule has 5 heteroatoms. The number of benzene rings is 1. The highest BCUT2D eigenvalue weighted by molar-refractivity contribution is 5.33. The Morgan fingerprint density at radius 1 is 1.43 bits per heavy atom. The van der Waals surface area contributed by atoms with Crippen molar-refractivity contribution < 1.29 is 13.9 Å². The Labute approximate surface area is 126 Å². The maximum Gasteiger partial charge on any atom is 0.169 e. The van der Waals surface area contributed by atoms with Crippen LogP contribution in [0.3, 0.4) is 0 Å². The minimum absolute atomic E-state index is 0.0762. The summed E-state index contributed by atoms with van der Waals surface area (Å²) in [6.45, 7) is 6.73. The van der Waals surface area contributed by atoms with E-state index in [1.54, 1.807) is 12.1 Å². The van der Waals surface area contributed by atoms with Crippen molar-refractivity contribution in [2.24, 2.45) is 0 Å². The number of methoxy groups -OCH3 is 1. The molecule has 1 aliphatic heterocycles. The fourth-order valence-electron chi connectivity index (χ4n) is 2.83. The summed E-state index contributed by atoms with van der Waals surface area (Å²) in [4.78, 5) is 2.36. The molecule has 1 saturated heterocycles. The lowest BCUT2D eigenvalue weighted by atomic mass is 9.98. The third-order valence-electron chi connectivity index (χ3n) is 4.09. The van der Waals surface area contributed by atoms with Gasteiger partial charge in [0.05, 0.1) is 25.9 Å². The predicted octanol–water partition coefficient (Wildman–Crippen LogP) is 2.20. The molecule has 1 fully saturated rings. The summed E-state index contributed by atoms with van der Waals surface area (Å²) < 4.78 is 25.4. The molecular formula is C16H25FN2O2. The van der Waals surface area contributed by atoms with Crippen LogP contribution in [0.25, 0.3) is 0 Å².